The van der Waals surface area contributed by atoms with Gasteiger partial charge in [-0.1, -0.05) is 11.6 Å². The molecule has 0 radical (unpaired) electrons. The van der Waals surface area contributed by atoms with Gasteiger partial charge in [0.2, 0.25) is 11.8 Å². The smallest absolute Gasteiger partial charge is 0.387 e. The first kappa shape index (κ1) is 20.6. The first-order valence-corrected chi connectivity index (χ1v) is 8.17. The Balaban J connectivity index is 1.75. The minimum atomic E-state index is -3.03. The topological polar surface area (TPSA) is 102 Å². The molecule has 146 valence electrons. The van der Waals surface area contributed by atoms with E-state index in [1.54, 1.807) is 0 Å². The third-order valence-electron chi connectivity index (χ3n) is 3.49. The zero-order valence-corrected chi connectivity index (χ0v) is 14.6. The van der Waals surface area contributed by atoms with Gasteiger partial charge in [0, 0.05) is 25.1 Å². The number of carbonyl (C=O) groups excluding carboxylic acids is 4. The molecule has 0 aliphatic carbocycles. The van der Waals surface area contributed by atoms with E-state index < -0.39 is 25.1 Å². The lowest BCUT2D eigenvalue weighted by atomic mass is 10.3. The molecule has 1 aromatic carbocycles. The van der Waals surface area contributed by atoms with E-state index in [1.165, 1.54) is 12.1 Å². The fraction of sp³-hybridized carbons (Fsp3) is 0.375. The number of likely N-dealkylation sites (tertiary alicyclic amines) is 1. The van der Waals surface area contributed by atoms with Crippen molar-refractivity contribution in [3.05, 3.63) is 23.2 Å². The molecule has 3 amide bonds. The van der Waals surface area contributed by atoms with Crippen LogP contribution in [0.25, 0.3) is 0 Å². The maximum absolute atomic E-state index is 12.2. The first-order valence-electron chi connectivity index (χ1n) is 7.79. The van der Waals surface area contributed by atoms with Crippen LogP contribution >= 0.6 is 11.6 Å². The number of nitrogens with one attached hydrogen (secondary N) is 1. The number of carbonyl (C=O) groups is 4. The number of amides is 3. The summed E-state index contributed by atoms with van der Waals surface area (Å²) in [6.45, 7) is -3.74. The van der Waals surface area contributed by atoms with Crippen molar-refractivity contribution < 1.29 is 37.4 Å². The molecule has 11 heteroatoms. The maximum Gasteiger partial charge on any atom is 0.387 e. The summed E-state index contributed by atoms with van der Waals surface area (Å²) in [5.41, 5.74) is 0.191. The van der Waals surface area contributed by atoms with Crippen molar-refractivity contribution in [1.29, 1.82) is 0 Å². The fourth-order valence-corrected chi connectivity index (χ4v) is 2.49. The van der Waals surface area contributed by atoms with Crippen LogP contribution in [-0.2, 0) is 23.9 Å². The van der Waals surface area contributed by atoms with E-state index in [-0.39, 0.29) is 54.1 Å². The average Bonchev–Trinajstić information content (AvgIpc) is 2.91. The van der Waals surface area contributed by atoms with Crippen molar-refractivity contribution in [3.63, 3.8) is 0 Å². The number of alkyl halides is 2. The summed E-state index contributed by atoms with van der Waals surface area (Å²) in [5, 5.41) is 2.23. The zero-order chi connectivity index (χ0) is 20.0. The summed E-state index contributed by atoms with van der Waals surface area (Å²) in [6, 6.07) is 3.64. The van der Waals surface area contributed by atoms with E-state index in [0.717, 1.165) is 11.0 Å². The van der Waals surface area contributed by atoms with Gasteiger partial charge >= 0.3 is 12.6 Å². The molecular weight excluding hydrogens is 390 g/mol. The Morgan fingerprint density at radius 2 is 1.89 bits per heavy atom. The molecule has 1 aliphatic rings. The highest BCUT2D eigenvalue weighted by molar-refractivity contribution is 6.32. The second-order valence-electron chi connectivity index (χ2n) is 5.42. The van der Waals surface area contributed by atoms with Crippen LogP contribution < -0.4 is 10.1 Å². The lowest BCUT2D eigenvalue weighted by molar-refractivity contribution is -0.148. The largest absolute Gasteiger partial charge is 0.456 e. The lowest BCUT2D eigenvalue weighted by Gasteiger charge is -2.13. The van der Waals surface area contributed by atoms with Crippen LogP contribution in [0.4, 0.5) is 14.5 Å². The highest BCUT2D eigenvalue weighted by Gasteiger charge is 2.29. The SMILES string of the molecule is O=C(COC(=O)CCN1C(=O)CCC1=O)Nc1ccc(OC(F)F)c(Cl)c1. The second-order valence-corrected chi connectivity index (χ2v) is 5.83. The van der Waals surface area contributed by atoms with E-state index in [2.05, 4.69) is 10.1 Å². The van der Waals surface area contributed by atoms with Gasteiger partial charge in [-0.05, 0) is 18.2 Å². The van der Waals surface area contributed by atoms with Crippen LogP contribution in [0, 0.1) is 0 Å². The van der Waals surface area contributed by atoms with Crippen molar-refractivity contribution >= 4 is 41.0 Å². The summed E-state index contributed by atoms with van der Waals surface area (Å²) in [6.07, 6.45) is 0.0240. The number of rotatable bonds is 8. The quantitative estimate of drug-likeness (QED) is 0.525. The number of hydrogen-bond acceptors (Lipinski definition) is 6. The van der Waals surface area contributed by atoms with Gasteiger partial charge in [0.25, 0.3) is 5.91 Å². The van der Waals surface area contributed by atoms with Crippen LogP contribution in [0.3, 0.4) is 0 Å². The Bertz CT molecular complexity index is 742. The number of hydrogen-bond donors (Lipinski definition) is 1. The first-order chi connectivity index (χ1) is 12.8. The summed E-state index contributed by atoms with van der Waals surface area (Å²) in [7, 11) is 0. The number of imide groups is 1. The number of halogens is 3. The Kier molecular flexibility index (Phi) is 7.05. The van der Waals surface area contributed by atoms with Crippen molar-refractivity contribution in [3.8, 4) is 5.75 Å². The van der Waals surface area contributed by atoms with Crippen molar-refractivity contribution in [1.82, 2.24) is 4.90 Å². The molecule has 1 aliphatic heterocycles. The summed E-state index contributed by atoms with van der Waals surface area (Å²) >= 11 is 5.76. The third kappa shape index (κ3) is 6.17. The number of ether oxygens (including phenoxy) is 2. The molecule has 0 aromatic heterocycles. The number of esters is 1. The molecule has 1 fully saturated rings. The van der Waals surface area contributed by atoms with Gasteiger partial charge in [0.15, 0.2) is 6.61 Å². The van der Waals surface area contributed by atoms with E-state index >= 15 is 0 Å². The van der Waals surface area contributed by atoms with Crippen molar-refractivity contribution in [2.24, 2.45) is 0 Å². The Hall–Kier alpha value is -2.75. The second kappa shape index (κ2) is 9.26. The van der Waals surface area contributed by atoms with Crippen molar-refractivity contribution in [2.75, 3.05) is 18.5 Å². The summed E-state index contributed by atoms with van der Waals surface area (Å²) in [4.78, 5) is 47.2. The lowest BCUT2D eigenvalue weighted by Crippen LogP contribution is -2.32. The molecular formula is C16H15ClF2N2O6. The van der Waals surface area contributed by atoms with Gasteiger partial charge in [-0.3, -0.25) is 24.1 Å². The monoisotopic (exact) mass is 404 g/mol. The number of nitrogens with zero attached hydrogens (tertiary/aromatic N) is 1. The molecule has 0 spiro atoms. The molecule has 1 heterocycles. The standard InChI is InChI=1S/C16H15ClF2N2O6/c17-10-7-9(1-2-11(10)27-16(18)19)20-12(22)8-26-15(25)5-6-21-13(23)3-4-14(21)24/h1-2,7,16H,3-6,8H2,(H,20,22). The molecule has 2 rings (SSSR count). The van der Waals surface area contributed by atoms with E-state index in [1.807, 2.05) is 0 Å². The number of benzene rings is 1. The average molecular weight is 405 g/mol. The molecule has 1 aromatic rings. The van der Waals surface area contributed by atoms with Gasteiger partial charge in [0.05, 0.1) is 11.4 Å². The molecule has 0 bridgehead atoms. The fourth-order valence-electron chi connectivity index (χ4n) is 2.26. The summed E-state index contributed by atoms with van der Waals surface area (Å²) < 4.78 is 33.2. The van der Waals surface area contributed by atoms with Crippen LogP contribution in [-0.4, -0.2) is 48.4 Å². The predicted molar refractivity (Wildman–Crippen MR) is 88.2 cm³/mol. The van der Waals surface area contributed by atoms with E-state index in [4.69, 9.17) is 16.3 Å². The van der Waals surface area contributed by atoms with Gasteiger partial charge < -0.3 is 14.8 Å². The molecule has 0 unspecified atom stereocenters. The minimum absolute atomic E-state index is 0.0979. The van der Waals surface area contributed by atoms with Crippen LogP contribution in [0.1, 0.15) is 19.3 Å². The predicted octanol–water partition coefficient (Wildman–Crippen LogP) is 1.96. The van der Waals surface area contributed by atoms with Crippen molar-refractivity contribution in [2.45, 2.75) is 25.9 Å². The highest BCUT2D eigenvalue weighted by Crippen LogP contribution is 2.28. The molecule has 1 N–H and O–H groups in total. The van der Waals surface area contributed by atoms with Gasteiger partial charge in [-0.15, -0.1) is 0 Å². The van der Waals surface area contributed by atoms with E-state index in [9.17, 15) is 28.0 Å². The van der Waals surface area contributed by atoms with Crippen LogP contribution in [0.2, 0.25) is 5.02 Å². The maximum atomic E-state index is 12.2. The van der Waals surface area contributed by atoms with Gasteiger partial charge in [0.1, 0.15) is 5.75 Å². The highest BCUT2D eigenvalue weighted by atomic mass is 35.5. The van der Waals surface area contributed by atoms with Gasteiger partial charge in [-0.25, -0.2) is 0 Å². The molecule has 0 saturated carbocycles. The molecule has 1 saturated heterocycles. The Morgan fingerprint density at radius 3 is 2.48 bits per heavy atom. The molecule has 8 nitrogen and oxygen atoms in total. The third-order valence-corrected chi connectivity index (χ3v) is 3.79. The minimum Gasteiger partial charge on any atom is -0.456 e. The number of anilines is 1. The molecule has 27 heavy (non-hydrogen) atoms. The zero-order valence-electron chi connectivity index (χ0n) is 13.9. The Labute approximate surface area is 157 Å². The van der Waals surface area contributed by atoms with Crippen LogP contribution in [0.15, 0.2) is 18.2 Å². The summed E-state index contributed by atoms with van der Waals surface area (Å²) in [5.74, 6) is -2.38. The van der Waals surface area contributed by atoms with E-state index in [0.29, 0.717) is 0 Å². The molecule has 0 atom stereocenters. The van der Waals surface area contributed by atoms with Crippen LogP contribution in [0.5, 0.6) is 5.75 Å². The Morgan fingerprint density at radius 1 is 1.22 bits per heavy atom. The van der Waals surface area contributed by atoms with Gasteiger partial charge in [-0.2, -0.15) is 8.78 Å². The normalized spacial score (nSPS) is 13.9.